The number of aryl methyl sites for hydroxylation is 1. The van der Waals surface area contributed by atoms with Crippen LogP contribution in [-0.4, -0.2) is 54.1 Å². The van der Waals surface area contributed by atoms with Gasteiger partial charge in [0.25, 0.3) is 0 Å². The summed E-state index contributed by atoms with van der Waals surface area (Å²) in [5.74, 6) is 2.85. The number of para-hydroxylation sites is 1. The summed E-state index contributed by atoms with van der Waals surface area (Å²) in [7, 11) is 0. The second kappa shape index (κ2) is 7.64. The van der Waals surface area contributed by atoms with Gasteiger partial charge in [-0.3, -0.25) is 9.69 Å². The van der Waals surface area contributed by atoms with Crippen molar-refractivity contribution in [1.82, 2.24) is 9.80 Å². The Morgan fingerprint density at radius 3 is 2.52 bits per heavy atom. The smallest absolute Gasteiger partial charge is 0.153 e. The zero-order chi connectivity index (χ0) is 20.6. The minimum atomic E-state index is -0.306. The first-order valence-corrected chi connectivity index (χ1v) is 10.3. The Morgan fingerprint density at radius 1 is 1.07 bits per heavy atom. The standard InChI is InChI=1S/C24H29N3O2/c1-17-9-10-20-22(15-17)29-21-8-6-5-7-19(21)23(25-20)27-13-11-26(12-14-27)16-24(3,4)18(2)28/h5-10,15H,11-14,16H2,1-4H3. The van der Waals surface area contributed by atoms with Crippen LogP contribution in [0.5, 0.6) is 11.5 Å². The number of hydrogen-bond acceptors (Lipinski definition) is 5. The lowest BCUT2D eigenvalue weighted by atomic mass is 9.88. The average molecular weight is 392 g/mol. The highest BCUT2D eigenvalue weighted by atomic mass is 16.5. The Balaban J connectivity index is 1.59. The van der Waals surface area contributed by atoms with Gasteiger partial charge >= 0.3 is 0 Å². The summed E-state index contributed by atoms with van der Waals surface area (Å²) in [6.45, 7) is 12.2. The lowest BCUT2D eigenvalue weighted by Crippen LogP contribution is -2.51. The molecule has 0 aliphatic carbocycles. The summed E-state index contributed by atoms with van der Waals surface area (Å²) in [6.07, 6.45) is 0. The summed E-state index contributed by atoms with van der Waals surface area (Å²) >= 11 is 0. The van der Waals surface area contributed by atoms with E-state index >= 15 is 0 Å². The average Bonchev–Trinajstić information content (AvgIpc) is 2.84. The fourth-order valence-corrected chi connectivity index (χ4v) is 3.86. The van der Waals surface area contributed by atoms with Gasteiger partial charge in [0.1, 0.15) is 23.1 Å². The number of benzene rings is 2. The molecule has 1 saturated heterocycles. The predicted octanol–water partition coefficient (Wildman–Crippen LogP) is 4.41. The quantitative estimate of drug-likeness (QED) is 0.777. The van der Waals surface area contributed by atoms with E-state index in [0.29, 0.717) is 0 Å². The van der Waals surface area contributed by atoms with E-state index in [2.05, 4.69) is 28.9 Å². The van der Waals surface area contributed by atoms with Crippen LogP contribution < -0.4 is 4.74 Å². The van der Waals surface area contributed by atoms with Crippen LogP contribution in [0.1, 0.15) is 31.9 Å². The molecule has 2 aliphatic heterocycles. The summed E-state index contributed by atoms with van der Waals surface area (Å²) in [6, 6.07) is 14.3. The van der Waals surface area contributed by atoms with Crippen molar-refractivity contribution in [3.8, 4) is 11.5 Å². The zero-order valence-electron chi connectivity index (χ0n) is 17.7. The van der Waals surface area contributed by atoms with Crippen LogP contribution in [0.4, 0.5) is 5.69 Å². The molecule has 0 spiro atoms. The second-order valence-electron chi connectivity index (χ2n) is 8.71. The van der Waals surface area contributed by atoms with Crippen LogP contribution in [0, 0.1) is 12.3 Å². The van der Waals surface area contributed by atoms with Gasteiger partial charge < -0.3 is 9.64 Å². The van der Waals surface area contributed by atoms with Gasteiger partial charge in [0.05, 0.1) is 5.56 Å². The number of ketones is 1. The highest BCUT2D eigenvalue weighted by Gasteiger charge is 2.30. The van der Waals surface area contributed by atoms with Crippen LogP contribution in [0.25, 0.3) is 0 Å². The number of piperazine rings is 1. The molecule has 0 aromatic heterocycles. The molecule has 5 nitrogen and oxygen atoms in total. The number of ether oxygens (including phenoxy) is 1. The van der Waals surface area contributed by atoms with Gasteiger partial charge in [-0.25, -0.2) is 4.99 Å². The van der Waals surface area contributed by atoms with E-state index in [1.54, 1.807) is 6.92 Å². The second-order valence-corrected chi connectivity index (χ2v) is 8.71. The maximum Gasteiger partial charge on any atom is 0.153 e. The third-order valence-electron chi connectivity index (χ3n) is 5.93. The van der Waals surface area contributed by atoms with Gasteiger partial charge in [0, 0.05) is 38.1 Å². The minimum absolute atomic E-state index is 0.242. The Morgan fingerprint density at radius 2 is 1.79 bits per heavy atom. The maximum absolute atomic E-state index is 11.9. The van der Waals surface area contributed by atoms with Crippen LogP contribution in [-0.2, 0) is 4.79 Å². The van der Waals surface area contributed by atoms with Gasteiger partial charge in [-0.15, -0.1) is 0 Å². The van der Waals surface area contributed by atoms with Crippen molar-refractivity contribution >= 4 is 17.3 Å². The highest BCUT2D eigenvalue weighted by Crippen LogP contribution is 2.38. The van der Waals surface area contributed by atoms with Gasteiger partial charge in [-0.05, 0) is 43.7 Å². The molecule has 4 rings (SSSR count). The molecule has 0 saturated carbocycles. The van der Waals surface area contributed by atoms with E-state index in [9.17, 15) is 4.79 Å². The van der Waals surface area contributed by atoms with Crippen molar-refractivity contribution in [3.05, 3.63) is 53.6 Å². The molecule has 0 unspecified atom stereocenters. The van der Waals surface area contributed by atoms with Crippen molar-refractivity contribution in [2.75, 3.05) is 32.7 Å². The highest BCUT2D eigenvalue weighted by molar-refractivity contribution is 6.03. The Bertz CT molecular complexity index is 956. The fraction of sp³-hybridized carbons (Fsp3) is 0.417. The van der Waals surface area contributed by atoms with Crippen LogP contribution in [0.15, 0.2) is 47.5 Å². The molecule has 0 radical (unpaired) electrons. The minimum Gasteiger partial charge on any atom is -0.454 e. The summed E-state index contributed by atoms with van der Waals surface area (Å²) in [5.41, 5.74) is 2.74. The van der Waals surface area contributed by atoms with E-state index in [4.69, 9.17) is 9.73 Å². The third-order valence-corrected chi connectivity index (χ3v) is 5.93. The molecule has 1 fully saturated rings. The lowest BCUT2D eigenvalue weighted by Gasteiger charge is -2.39. The SMILES string of the molecule is CC(=O)C(C)(C)CN1CCN(C2=Nc3ccc(C)cc3Oc3ccccc32)CC1. The van der Waals surface area contributed by atoms with E-state index < -0.39 is 0 Å². The number of amidine groups is 1. The molecule has 5 heteroatoms. The number of carbonyl (C=O) groups excluding carboxylic acids is 1. The van der Waals surface area contributed by atoms with Crippen LogP contribution >= 0.6 is 0 Å². The Kier molecular flexibility index (Phi) is 5.17. The third kappa shape index (κ3) is 4.06. The molecule has 2 aliphatic rings. The maximum atomic E-state index is 11.9. The lowest BCUT2D eigenvalue weighted by molar-refractivity contribution is -0.126. The normalized spacial score (nSPS) is 17.0. The van der Waals surface area contributed by atoms with Crippen molar-refractivity contribution in [2.24, 2.45) is 10.4 Å². The van der Waals surface area contributed by atoms with Crippen molar-refractivity contribution in [3.63, 3.8) is 0 Å². The number of carbonyl (C=O) groups is 1. The summed E-state index contributed by atoms with van der Waals surface area (Å²) in [5, 5.41) is 0. The van der Waals surface area contributed by atoms with Crippen LogP contribution in [0.2, 0.25) is 0 Å². The number of rotatable bonds is 3. The number of hydrogen-bond donors (Lipinski definition) is 0. The molecule has 0 N–H and O–H groups in total. The van der Waals surface area contributed by atoms with E-state index in [0.717, 1.165) is 66.9 Å². The topological polar surface area (TPSA) is 45.1 Å². The van der Waals surface area contributed by atoms with Crippen molar-refractivity contribution in [1.29, 1.82) is 0 Å². The first-order valence-electron chi connectivity index (χ1n) is 10.3. The summed E-state index contributed by atoms with van der Waals surface area (Å²) in [4.78, 5) is 21.6. The number of fused-ring (bicyclic) bond motifs is 2. The number of nitrogens with zero attached hydrogens (tertiary/aromatic N) is 3. The fourth-order valence-electron chi connectivity index (χ4n) is 3.86. The van der Waals surface area contributed by atoms with Gasteiger partial charge in [-0.2, -0.15) is 0 Å². The predicted molar refractivity (Wildman–Crippen MR) is 116 cm³/mol. The number of Topliss-reactive ketones (excluding diaryl/α,β-unsaturated/α-hetero) is 1. The van der Waals surface area contributed by atoms with Gasteiger partial charge in [0.2, 0.25) is 0 Å². The Labute approximate surface area is 173 Å². The molecule has 2 aromatic rings. The zero-order valence-corrected chi connectivity index (χ0v) is 17.7. The van der Waals surface area contributed by atoms with Gasteiger partial charge in [0.15, 0.2) is 5.75 Å². The molecule has 2 heterocycles. The van der Waals surface area contributed by atoms with E-state index in [1.807, 2.05) is 44.2 Å². The Hall–Kier alpha value is -2.66. The van der Waals surface area contributed by atoms with Crippen molar-refractivity contribution < 1.29 is 9.53 Å². The monoisotopic (exact) mass is 391 g/mol. The molecule has 152 valence electrons. The molecule has 0 atom stereocenters. The molecule has 0 amide bonds. The largest absolute Gasteiger partial charge is 0.454 e. The van der Waals surface area contributed by atoms with E-state index in [-0.39, 0.29) is 11.2 Å². The molecular formula is C24H29N3O2. The molecule has 29 heavy (non-hydrogen) atoms. The molecule has 0 bridgehead atoms. The summed E-state index contributed by atoms with van der Waals surface area (Å²) < 4.78 is 6.23. The van der Waals surface area contributed by atoms with Crippen molar-refractivity contribution in [2.45, 2.75) is 27.7 Å². The van der Waals surface area contributed by atoms with Crippen LogP contribution in [0.3, 0.4) is 0 Å². The van der Waals surface area contributed by atoms with E-state index in [1.165, 1.54) is 0 Å². The molecule has 2 aromatic carbocycles. The first kappa shape index (κ1) is 19.6. The number of aliphatic imine (C=N–C) groups is 1. The van der Waals surface area contributed by atoms with Gasteiger partial charge in [-0.1, -0.05) is 32.0 Å². The first-order chi connectivity index (χ1) is 13.8. The molecular weight excluding hydrogens is 362 g/mol.